The van der Waals surface area contributed by atoms with Gasteiger partial charge in [-0.25, -0.2) is 4.98 Å². The number of anilines is 1. The molecule has 2 aromatic heterocycles. The van der Waals surface area contributed by atoms with E-state index in [-0.39, 0.29) is 6.04 Å². The van der Waals surface area contributed by atoms with Crippen LogP contribution < -0.4 is 5.32 Å². The molecule has 16 heavy (non-hydrogen) atoms. The fourth-order valence-electron chi connectivity index (χ4n) is 1.40. The van der Waals surface area contributed by atoms with E-state index in [4.69, 9.17) is 11.6 Å². The van der Waals surface area contributed by atoms with Crippen LogP contribution in [-0.2, 0) is 0 Å². The highest BCUT2D eigenvalue weighted by molar-refractivity contribution is 7.09. The highest BCUT2D eigenvalue weighted by atomic mass is 35.5. The molecule has 1 atom stereocenters. The number of nitrogens with zero attached hydrogens (tertiary/aromatic N) is 2. The molecule has 1 unspecified atom stereocenters. The molecular weight excluding hydrogens is 242 g/mol. The summed E-state index contributed by atoms with van der Waals surface area (Å²) < 4.78 is 0. The normalized spacial score (nSPS) is 12.4. The van der Waals surface area contributed by atoms with Crippen LogP contribution in [0.4, 0.5) is 5.69 Å². The number of halogens is 1. The first-order valence-electron chi connectivity index (χ1n) is 4.94. The molecule has 0 aliphatic heterocycles. The fraction of sp³-hybridized carbons (Fsp3) is 0.273. The molecule has 3 nitrogen and oxygen atoms in total. The summed E-state index contributed by atoms with van der Waals surface area (Å²) in [5, 5.41) is 3.91. The number of thiazole rings is 1. The Labute approximate surface area is 104 Å². The second-order valence-electron chi connectivity index (χ2n) is 3.60. The predicted octanol–water partition coefficient (Wildman–Crippen LogP) is 3.67. The summed E-state index contributed by atoms with van der Waals surface area (Å²) >= 11 is 7.51. The summed E-state index contributed by atoms with van der Waals surface area (Å²) in [6.07, 6.45) is 3.62. The zero-order valence-electron chi connectivity index (χ0n) is 9.07. The summed E-state index contributed by atoms with van der Waals surface area (Å²) in [4.78, 5) is 9.36. The molecule has 0 fully saturated rings. The molecule has 0 bridgehead atoms. The average Bonchev–Trinajstić information content (AvgIpc) is 2.77. The molecule has 0 spiro atoms. The molecule has 0 aliphatic rings. The lowest BCUT2D eigenvalue weighted by Crippen LogP contribution is -2.05. The summed E-state index contributed by atoms with van der Waals surface area (Å²) in [5.74, 6) is 0. The molecule has 2 heterocycles. The van der Waals surface area contributed by atoms with Gasteiger partial charge in [-0.15, -0.1) is 11.3 Å². The lowest BCUT2D eigenvalue weighted by atomic mass is 10.2. The molecule has 0 aliphatic carbocycles. The van der Waals surface area contributed by atoms with Crippen LogP contribution in [0.3, 0.4) is 0 Å². The van der Waals surface area contributed by atoms with Crippen LogP contribution in [0.15, 0.2) is 24.0 Å². The van der Waals surface area contributed by atoms with Crippen molar-refractivity contribution < 1.29 is 0 Å². The molecule has 0 saturated heterocycles. The molecule has 0 amide bonds. The maximum absolute atomic E-state index is 5.87. The van der Waals surface area contributed by atoms with Crippen molar-refractivity contribution >= 4 is 28.6 Å². The Morgan fingerprint density at radius 3 is 2.88 bits per heavy atom. The third-order valence-electron chi connectivity index (χ3n) is 2.28. The van der Waals surface area contributed by atoms with Crippen molar-refractivity contribution in [2.75, 3.05) is 5.32 Å². The molecule has 0 aromatic carbocycles. The summed E-state index contributed by atoms with van der Waals surface area (Å²) in [6, 6.07) is 2.22. The second kappa shape index (κ2) is 4.80. The van der Waals surface area contributed by atoms with Crippen LogP contribution in [0.25, 0.3) is 0 Å². The summed E-state index contributed by atoms with van der Waals surface area (Å²) in [7, 11) is 0. The van der Waals surface area contributed by atoms with Crippen LogP contribution in [0, 0.1) is 6.92 Å². The standard InChI is InChI=1S/C11H12ClN3S/c1-7-3-9(4-14-11(7)12)15-8(2)10-5-13-6-16-10/h3-6,8,15H,1-2H3. The third-order valence-corrected chi connectivity index (χ3v) is 3.63. The lowest BCUT2D eigenvalue weighted by Gasteiger charge is -2.13. The highest BCUT2D eigenvalue weighted by Gasteiger charge is 2.07. The van der Waals surface area contributed by atoms with Gasteiger partial charge in [-0.3, -0.25) is 4.98 Å². The Bertz CT molecular complexity index is 470. The minimum Gasteiger partial charge on any atom is -0.376 e. The van der Waals surface area contributed by atoms with Crippen LogP contribution in [0.1, 0.15) is 23.4 Å². The number of aryl methyl sites for hydroxylation is 1. The Hall–Kier alpha value is -1.13. The van der Waals surface area contributed by atoms with Gasteiger partial charge in [-0.05, 0) is 25.5 Å². The number of nitrogens with one attached hydrogen (secondary N) is 1. The van der Waals surface area contributed by atoms with Gasteiger partial charge in [0, 0.05) is 11.1 Å². The molecule has 5 heteroatoms. The largest absolute Gasteiger partial charge is 0.376 e. The zero-order chi connectivity index (χ0) is 11.5. The Morgan fingerprint density at radius 1 is 1.44 bits per heavy atom. The van der Waals surface area contributed by atoms with Gasteiger partial charge in [0.05, 0.1) is 23.4 Å². The van der Waals surface area contributed by atoms with Gasteiger partial charge < -0.3 is 5.32 Å². The van der Waals surface area contributed by atoms with Gasteiger partial charge in [-0.2, -0.15) is 0 Å². The summed E-state index contributed by atoms with van der Waals surface area (Å²) in [5.41, 5.74) is 3.78. The van der Waals surface area contributed by atoms with E-state index in [1.165, 1.54) is 4.88 Å². The maximum Gasteiger partial charge on any atom is 0.132 e. The number of hydrogen-bond acceptors (Lipinski definition) is 4. The van der Waals surface area contributed by atoms with E-state index >= 15 is 0 Å². The molecule has 0 saturated carbocycles. The molecule has 2 aromatic rings. The minimum atomic E-state index is 0.231. The third kappa shape index (κ3) is 2.51. The number of aromatic nitrogens is 2. The van der Waals surface area contributed by atoms with E-state index < -0.39 is 0 Å². The van der Waals surface area contributed by atoms with Crippen LogP contribution >= 0.6 is 22.9 Å². The zero-order valence-corrected chi connectivity index (χ0v) is 10.6. The van der Waals surface area contributed by atoms with Crippen molar-refractivity contribution in [1.82, 2.24) is 9.97 Å². The van der Waals surface area contributed by atoms with Gasteiger partial charge in [0.15, 0.2) is 0 Å². The predicted molar refractivity (Wildman–Crippen MR) is 68.1 cm³/mol. The summed E-state index contributed by atoms with van der Waals surface area (Å²) in [6.45, 7) is 4.04. The SMILES string of the molecule is Cc1cc(NC(C)c2cncs2)cnc1Cl. The van der Waals surface area contributed by atoms with Crippen molar-refractivity contribution in [2.45, 2.75) is 19.9 Å². The van der Waals surface area contributed by atoms with E-state index in [1.54, 1.807) is 17.5 Å². The van der Waals surface area contributed by atoms with Gasteiger partial charge >= 0.3 is 0 Å². The Morgan fingerprint density at radius 2 is 2.25 bits per heavy atom. The number of hydrogen-bond donors (Lipinski definition) is 1. The van der Waals surface area contributed by atoms with Gasteiger partial charge in [0.25, 0.3) is 0 Å². The highest BCUT2D eigenvalue weighted by Crippen LogP contribution is 2.23. The van der Waals surface area contributed by atoms with Crippen molar-refractivity contribution in [3.63, 3.8) is 0 Å². The molecular formula is C11H12ClN3S. The number of pyridine rings is 1. The van der Waals surface area contributed by atoms with Gasteiger partial charge in [-0.1, -0.05) is 11.6 Å². The number of rotatable bonds is 3. The van der Waals surface area contributed by atoms with E-state index in [0.29, 0.717) is 5.15 Å². The van der Waals surface area contributed by atoms with E-state index in [9.17, 15) is 0 Å². The van der Waals surface area contributed by atoms with E-state index in [2.05, 4.69) is 22.2 Å². The average molecular weight is 254 g/mol. The van der Waals surface area contributed by atoms with Gasteiger partial charge in [0.2, 0.25) is 0 Å². The van der Waals surface area contributed by atoms with Crippen LogP contribution in [0.2, 0.25) is 5.15 Å². The first-order valence-corrected chi connectivity index (χ1v) is 6.19. The van der Waals surface area contributed by atoms with Crippen LogP contribution in [0.5, 0.6) is 0 Å². The van der Waals surface area contributed by atoms with Crippen molar-refractivity contribution in [3.05, 3.63) is 39.6 Å². The molecule has 1 N–H and O–H groups in total. The smallest absolute Gasteiger partial charge is 0.132 e. The molecule has 0 radical (unpaired) electrons. The lowest BCUT2D eigenvalue weighted by molar-refractivity contribution is 0.901. The second-order valence-corrected chi connectivity index (χ2v) is 4.88. The van der Waals surface area contributed by atoms with Crippen molar-refractivity contribution in [2.24, 2.45) is 0 Å². The topological polar surface area (TPSA) is 37.8 Å². The van der Waals surface area contributed by atoms with E-state index in [1.807, 2.05) is 24.7 Å². The first-order chi connectivity index (χ1) is 7.66. The minimum absolute atomic E-state index is 0.231. The molecule has 84 valence electrons. The maximum atomic E-state index is 5.87. The quantitative estimate of drug-likeness (QED) is 0.848. The Balaban J connectivity index is 2.12. The van der Waals surface area contributed by atoms with E-state index in [0.717, 1.165) is 11.3 Å². The fourth-order valence-corrected chi connectivity index (χ4v) is 2.13. The van der Waals surface area contributed by atoms with Crippen molar-refractivity contribution in [1.29, 1.82) is 0 Å². The van der Waals surface area contributed by atoms with Crippen LogP contribution in [-0.4, -0.2) is 9.97 Å². The van der Waals surface area contributed by atoms with Crippen molar-refractivity contribution in [3.8, 4) is 0 Å². The monoisotopic (exact) mass is 253 g/mol. The Kier molecular flexibility index (Phi) is 3.41. The first kappa shape index (κ1) is 11.4. The van der Waals surface area contributed by atoms with Gasteiger partial charge in [0.1, 0.15) is 5.15 Å². The molecule has 2 rings (SSSR count).